The summed E-state index contributed by atoms with van der Waals surface area (Å²) in [6, 6.07) is 12.1. The fourth-order valence-corrected chi connectivity index (χ4v) is 11.2. The minimum Gasteiger partial charge on any atom is -0.496 e. The number of benzene rings is 3. The lowest BCUT2D eigenvalue weighted by Crippen LogP contribution is -2.55. The molecule has 350 valence electrons. The van der Waals surface area contributed by atoms with Crippen LogP contribution in [0.25, 0.3) is 33.5 Å². The van der Waals surface area contributed by atoms with Gasteiger partial charge in [-0.3, -0.25) is 44.3 Å². The van der Waals surface area contributed by atoms with E-state index >= 15 is 0 Å². The number of carbonyl (C=O) groups is 4. The zero-order valence-corrected chi connectivity index (χ0v) is 39.8. The van der Waals surface area contributed by atoms with Crippen LogP contribution in [0.15, 0.2) is 77.9 Å². The molecule has 3 fully saturated rings. The molecule has 2 unspecified atom stereocenters. The molecule has 2 N–H and O–H groups in total. The molecule has 7 heterocycles. The number of hydrogen-bond donors (Lipinski definition) is 2. The molecule has 0 saturated carbocycles. The number of aromatic nitrogens is 6. The number of piperazine rings is 1. The van der Waals surface area contributed by atoms with Gasteiger partial charge in [0.25, 0.3) is 11.8 Å². The Morgan fingerprint density at radius 2 is 1.66 bits per heavy atom. The number of rotatable bonds is 11. The van der Waals surface area contributed by atoms with Crippen molar-refractivity contribution in [1.29, 1.82) is 0 Å². The standard InChI is InChI=1S/C47H46BrF2N12O5P/c1-67-38-21-37(59-17-15-58(16-18-59)28-5-4-14-60(25-28)27-6-7-29-31(19-27)46(66)62(45(29)65)36-10-11-39(63)56-44(36)64)30(26-22-54-61(24-26)47(49)50)20-32(38)42-53-23-33(48)43(57-42)55-35-9-8-34-40(41(35)68(2)3)52-13-12-51-34/h6-9,12-13,19-24,28,36,47H,4-5,10-11,14-18,25H2,1-3H3,(H,53,55,57)(H,56,63,64). The number of anilines is 4. The summed E-state index contributed by atoms with van der Waals surface area (Å²) in [4.78, 5) is 78.1. The van der Waals surface area contributed by atoms with E-state index in [9.17, 15) is 28.0 Å². The van der Waals surface area contributed by atoms with Gasteiger partial charge in [-0.2, -0.15) is 13.9 Å². The summed E-state index contributed by atoms with van der Waals surface area (Å²) in [5.41, 5.74) is 6.33. The maximum atomic E-state index is 14.0. The molecule has 3 aromatic heterocycles. The van der Waals surface area contributed by atoms with Crippen molar-refractivity contribution in [3.05, 3.63) is 89.0 Å². The Kier molecular flexibility index (Phi) is 12.3. The van der Waals surface area contributed by atoms with E-state index in [0.717, 1.165) is 70.8 Å². The van der Waals surface area contributed by atoms with Crippen LogP contribution < -0.4 is 30.5 Å². The van der Waals surface area contributed by atoms with Gasteiger partial charge in [-0.15, -0.1) is 0 Å². The smallest absolute Gasteiger partial charge is 0.333 e. The van der Waals surface area contributed by atoms with Gasteiger partial charge >= 0.3 is 6.55 Å². The lowest BCUT2D eigenvalue weighted by molar-refractivity contribution is -0.136. The monoisotopic (exact) mass is 1010 g/mol. The molecule has 17 nitrogen and oxygen atoms in total. The third-order valence-electron chi connectivity index (χ3n) is 13.1. The summed E-state index contributed by atoms with van der Waals surface area (Å²) in [5, 5.41) is 10.8. The molecular formula is C47H46BrF2N12O5P. The number of carbonyl (C=O) groups excluding carboxylic acids is 4. The van der Waals surface area contributed by atoms with E-state index in [1.165, 1.54) is 12.4 Å². The molecule has 0 aliphatic carbocycles. The van der Waals surface area contributed by atoms with Crippen molar-refractivity contribution in [2.45, 2.75) is 44.3 Å². The summed E-state index contributed by atoms with van der Waals surface area (Å²) >= 11 is 3.64. The first-order valence-corrected chi connectivity index (χ1v) is 25.2. The minimum absolute atomic E-state index is 0.0550. The molecule has 0 bridgehead atoms. The fourth-order valence-electron chi connectivity index (χ4n) is 9.75. The van der Waals surface area contributed by atoms with Crippen LogP contribution >= 0.6 is 23.9 Å². The van der Waals surface area contributed by atoms with E-state index in [2.05, 4.69) is 69.7 Å². The molecule has 4 aliphatic heterocycles. The number of hydrogen-bond acceptors (Lipinski definition) is 14. The van der Waals surface area contributed by atoms with Crippen LogP contribution in [0.5, 0.6) is 5.75 Å². The van der Waals surface area contributed by atoms with Crippen LogP contribution in [0.1, 0.15) is 52.9 Å². The van der Waals surface area contributed by atoms with E-state index in [4.69, 9.17) is 14.7 Å². The average molecular weight is 1010 g/mol. The number of fused-ring (bicyclic) bond motifs is 2. The quantitative estimate of drug-likeness (QED) is 0.107. The van der Waals surface area contributed by atoms with Gasteiger partial charge < -0.3 is 19.9 Å². The lowest BCUT2D eigenvalue weighted by Gasteiger charge is -2.44. The summed E-state index contributed by atoms with van der Waals surface area (Å²) < 4.78 is 35.2. The second-order valence-electron chi connectivity index (χ2n) is 17.3. The maximum absolute atomic E-state index is 14.0. The summed E-state index contributed by atoms with van der Waals surface area (Å²) in [7, 11) is 0.977. The van der Waals surface area contributed by atoms with Gasteiger partial charge in [0.15, 0.2) is 5.82 Å². The van der Waals surface area contributed by atoms with Crippen molar-refractivity contribution in [3.8, 4) is 28.3 Å². The summed E-state index contributed by atoms with van der Waals surface area (Å²) in [6.07, 6.45) is 9.86. The number of halogens is 3. The molecular weight excluding hydrogens is 961 g/mol. The Morgan fingerprint density at radius 1 is 0.868 bits per heavy atom. The van der Waals surface area contributed by atoms with E-state index < -0.39 is 44.1 Å². The summed E-state index contributed by atoms with van der Waals surface area (Å²) in [5.74, 6) is -0.742. The zero-order valence-electron chi connectivity index (χ0n) is 37.3. The minimum atomic E-state index is -2.82. The van der Waals surface area contributed by atoms with Gasteiger partial charge in [-0.25, -0.2) is 14.6 Å². The highest BCUT2D eigenvalue weighted by Gasteiger charge is 2.45. The van der Waals surface area contributed by atoms with Gasteiger partial charge in [0.2, 0.25) is 11.8 Å². The molecule has 0 spiro atoms. The van der Waals surface area contributed by atoms with E-state index in [1.807, 2.05) is 30.3 Å². The first-order valence-electron chi connectivity index (χ1n) is 22.2. The molecule has 4 aliphatic rings. The fraction of sp³-hybridized carbons (Fsp3) is 0.340. The SMILES string of the molecule is COc1cc(N2CCN(C3CCCN(c4ccc5c(c4)C(=O)N(C4CCC(=O)NC4=O)C5=O)C3)CC2)c(-c2cnn(C(F)F)c2)cc1-c1ncc(Br)c(Nc2ccc3nccnc3c2P(C)C)n1. The molecule has 4 amide bonds. The largest absolute Gasteiger partial charge is 0.496 e. The second-order valence-corrected chi connectivity index (χ2v) is 20.4. The van der Waals surface area contributed by atoms with Crippen LogP contribution in [0.3, 0.4) is 0 Å². The highest BCUT2D eigenvalue weighted by Crippen LogP contribution is 2.43. The second kappa shape index (κ2) is 18.5. The number of piperidine rings is 2. The Balaban J connectivity index is 0.890. The van der Waals surface area contributed by atoms with Crippen LogP contribution in [0, 0.1) is 0 Å². The topological polar surface area (TPSA) is 184 Å². The third-order valence-corrected chi connectivity index (χ3v) is 15.0. The number of methoxy groups -OCH3 is 1. The van der Waals surface area contributed by atoms with E-state index in [1.54, 1.807) is 37.8 Å². The Morgan fingerprint density at radius 3 is 2.41 bits per heavy atom. The number of alkyl halides is 2. The van der Waals surface area contributed by atoms with Gasteiger partial charge in [-0.1, -0.05) is 7.92 Å². The molecule has 10 rings (SSSR count). The Hall–Kier alpha value is -6.50. The van der Waals surface area contributed by atoms with Crippen LogP contribution in [-0.4, -0.2) is 135 Å². The normalized spacial score (nSPS) is 19.1. The highest BCUT2D eigenvalue weighted by molar-refractivity contribution is 9.10. The molecule has 21 heteroatoms. The number of nitrogens with zero attached hydrogens (tertiary/aromatic N) is 10. The Labute approximate surface area is 399 Å². The number of nitrogens with one attached hydrogen (secondary N) is 2. The molecule has 2 atom stereocenters. The van der Waals surface area contributed by atoms with Crippen molar-refractivity contribution in [1.82, 2.24) is 44.8 Å². The maximum Gasteiger partial charge on any atom is 0.333 e. The van der Waals surface area contributed by atoms with Crippen molar-refractivity contribution < 1.29 is 32.7 Å². The van der Waals surface area contributed by atoms with E-state index in [0.29, 0.717) is 62.9 Å². The van der Waals surface area contributed by atoms with Crippen molar-refractivity contribution in [2.75, 3.05) is 74.8 Å². The predicted octanol–water partition coefficient (Wildman–Crippen LogP) is 6.42. The van der Waals surface area contributed by atoms with Crippen LogP contribution in [0.2, 0.25) is 0 Å². The first kappa shape index (κ1) is 45.3. The number of amides is 4. The van der Waals surface area contributed by atoms with Crippen molar-refractivity contribution in [2.24, 2.45) is 0 Å². The van der Waals surface area contributed by atoms with Crippen LogP contribution in [0.4, 0.5) is 31.7 Å². The zero-order chi connectivity index (χ0) is 47.4. The Bertz CT molecular complexity index is 3000. The third kappa shape index (κ3) is 8.42. The highest BCUT2D eigenvalue weighted by atomic mass is 79.9. The average Bonchev–Trinajstić information content (AvgIpc) is 3.94. The molecule has 3 saturated heterocycles. The van der Waals surface area contributed by atoms with Gasteiger partial charge in [0.05, 0.1) is 45.5 Å². The molecule has 0 radical (unpaired) electrons. The van der Waals surface area contributed by atoms with Gasteiger partial charge in [-0.05, 0) is 84.9 Å². The number of ether oxygens (including phenoxy) is 1. The first-order chi connectivity index (χ1) is 32.9. The molecule has 68 heavy (non-hydrogen) atoms. The van der Waals surface area contributed by atoms with Crippen molar-refractivity contribution >= 4 is 86.7 Å². The van der Waals surface area contributed by atoms with Gasteiger partial charge in [0, 0.05) is 116 Å². The lowest BCUT2D eigenvalue weighted by atomic mass is 9.99. The van der Waals surface area contributed by atoms with E-state index in [-0.39, 0.29) is 30.0 Å². The van der Waals surface area contributed by atoms with Gasteiger partial charge in [0.1, 0.15) is 17.6 Å². The van der Waals surface area contributed by atoms with Crippen molar-refractivity contribution in [3.63, 3.8) is 0 Å². The molecule has 6 aromatic rings. The predicted molar refractivity (Wildman–Crippen MR) is 258 cm³/mol. The number of imide groups is 2. The summed E-state index contributed by atoms with van der Waals surface area (Å²) in [6.45, 7) is 5.70. The molecule has 3 aromatic carbocycles. The van der Waals surface area contributed by atoms with Crippen LogP contribution in [-0.2, 0) is 9.59 Å².